The van der Waals surface area contributed by atoms with Crippen molar-refractivity contribution in [2.24, 2.45) is 11.7 Å². The first-order valence-electron chi connectivity index (χ1n) is 8.64. The van der Waals surface area contributed by atoms with Gasteiger partial charge in [-0.1, -0.05) is 19.9 Å². The number of primary amides is 1. The Morgan fingerprint density at radius 1 is 1.11 bits per heavy atom. The minimum Gasteiger partial charge on any atom is -0.484 e. The fourth-order valence-corrected chi connectivity index (χ4v) is 2.40. The third-order valence-corrected chi connectivity index (χ3v) is 3.82. The summed E-state index contributed by atoms with van der Waals surface area (Å²) < 4.78 is 18.2. The molecule has 0 aliphatic heterocycles. The molecule has 0 aromatic heterocycles. The fraction of sp³-hybridized carbons (Fsp3) is 0.250. The fourth-order valence-electron chi connectivity index (χ4n) is 2.40. The Kier molecular flexibility index (Phi) is 7.08. The summed E-state index contributed by atoms with van der Waals surface area (Å²) in [6.45, 7) is 3.31. The van der Waals surface area contributed by atoms with E-state index in [4.69, 9.17) is 10.5 Å². The summed E-state index contributed by atoms with van der Waals surface area (Å²) in [7, 11) is 0. The molecule has 0 fully saturated rings. The Morgan fingerprint density at radius 3 is 2.39 bits per heavy atom. The number of anilines is 1. The molecule has 2 rings (SSSR count). The molecule has 2 aromatic carbocycles. The third kappa shape index (κ3) is 6.08. The molecule has 148 valence electrons. The molecule has 0 aliphatic carbocycles. The van der Waals surface area contributed by atoms with Gasteiger partial charge in [0.1, 0.15) is 17.6 Å². The van der Waals surface area contributed by atoms with Crippen molar-refractivity contribution in [2.45, 2.75) is 19.9 Å². The van der Waals surface area contributed by atoms with E-state index in [1.165, 1.54) is 24.3 Å². The largest absolute Gasteiger partial charge is 0.484 e. The Morgan fingerprint density at radius 2 is 1.79 bits per heavy atom. The van der Waals surface area contributed by atoms with Crippen molar-refractivity contribution < 1.29 is 23.5 Å². The molecule has 0 bridgehead atoms. The van der Waals surface area contributed by atoms with E-state index >= 15 is 0 Å². The standard InChI is InChI=1S/C20H22FN3O4/c1-12(2)18(24-19(26)13-6-8-14(21)9-7-13)20(27)23-15-4-3-5-16(10-15)28-11-17(22)25/h3-10,12,18H,11H2,1-2H3,(H2,22,25)(H,23,27)(H,24,26). The zero-order valence-corrected chi connectivity index (χ0v) is 15.6. The van der Waals surface area contributed by atoms with Crippen LogP contribution in [0.15, 0.2) is 48.5 Å². The van der Waals surface area contributed by atoms with E-state index in [0.29, 0.717) is 11.4 Å². The van der Waals surface area contributed by atoms with E-state index in [-0.39, 0.29) is 18.1 Å². The van der Waals surface area contributed by atoms with Crippen LogP contribution in [0.25, 0.3) is 0 Å². The maximum absolute atomic E-state index is 13.0. The lowest BCUT2D eigenvalue weighted by Crippen LogP contribution is -2.47. The lowest BCUT2D eigenvalue weighted by molar-refractivity contribution is -0.120. The molecule has 0 saturated carbocycles. The van der Waals surface area contributed by atoms with Gasteiger partial charge in [0.25, 0.3) is 11.8 Å². The number of nitrogens with two attached hydrogens (primary N) is 1. The van der Waals surface area contributed by atoms with Crippen LogP contribution >= 0.6 is 0 Å². The summed E-state index contributed by atoms with van der Waals surface area (Å²) in [6, 6.07) is 10.7. The Bertz CT molecular complexity index is 853. The minimum absolute atomic E-state index is 0.196. The molecule has 7 nitrogen and oxygen atoms in total. The molecule has 0 heterocycles. The van der Waals surface area contributed by atoms with Gasteiger partial charge in [0.15, 0.2) is 6.61 Å². The van der Waals surface area contributed by atoms with Crippen molar-refractivity contribution in [1.82, 2.24) is 5.32 Å². The van der Waals surface area contributed by atoms with E-state index in [0.717, 1.165) is 0 Å². The summed E-state index contributed by atoms with van der Waals surface area (Å²) in [5.41, 5.74) is 5.73. The van der Waals surface area contributed by atoms with Crippen molar-refractivity contribution in [1.29, 1.82) is 0 Å². The first-order valence-corrected chi connectivity index (χ1v) is 8.64. The van der Waals surface area contributed by atoms with Crippen molar-refractivity contribution in [3.63, 3.8) is 0 Å². The molecule has 0 spiro atoms. The second-order valence-electron chi connectivity index (χ2n) is 6.47. The predicted octanol–water partition coefficient (Wildman–Crippen LogP) is 2.08. The molecule has 1 atom stereocenters. The highest BCUT2D eigenvalue weighted by Gasteiger charge is 2.25. The van der Waals surface area contributed by atoms with Gasteiger partial charge in [-0.2, -0.15) is 0 Å². The summed E-state index contributed by atoms with van der Waals surface area (Å²) in [6.07, 6.45) is 0. The van der Waals surface area contributed by atoms with Crippen molar-refractivity contribution in [3.05, 3.63) is 59.9 Å². The predicted molar refractivity (Wildman–Crippen MR) is 102 cm³/mol. The zero-order chi connectivity index (χ0) is 20.7. The van der Waals surface area contributed by atoms with Crippen LogP contribution in [0.5, 0.6) is 5.75 Å². The van der Waals surface area contributed by atoms with Gasteiger partial charge in [-0.05, 0) is 42.3 Å². The van der Waals surface area contributed by atoms with E-state index < -0.39 is 29.6 Å². The molecule has 28 heavy (non-hydrogen) atoms. The quantitative estimate of drug-likeness (QED) is 0.644. The molecule has 4 N–H and O–H groups in total. The molecular formula is C20H22FN3O4. The van der Waals surface area contributed by atoms with E-state index in [9.17, 15) is 18.8 Å². The van der Waals surface area contributed by atoms with Crippen LogP contribution in [0.4, 0.5) is 10.1 Å². The van der Waals surface area contributed by atoms with Crippen molar-refractivity contribution in [2.75, 3.05) is 11.9 Å². The molecule has 0 saturated heterocycles. The Balaban J connectivity index is 2.06. The van der Waals surface area contributed by atoms with E-state index in [1.807, 2.05) is 0 Å². The van der Waals surface area contributed by atoms with Crippen molar-refractivity contribution in [3.8, 4) is 5.75 Å². The van der Waals surface area contributed by atoms with Crippen LogP contribution < -0.4 is 21.1 Å². The number of hydrogen-bond donors (Lipinski definition) is 3. The van der Waals surface area contributed by atoms with E-state index in [1.54, 1.807) is 38.1 Å². The van der Waals surface area contributed by atoms with Gasteiger partial charge < -0.3 is 21.1 Å². The number of nitrogens with one attached hydrogen (secondary N) is 2. The van der Waals surface area contributed by atoms with Gasteiger partial charge in [0.2, 0.25) is 5.91 Å². The molecule has 0 radical (unpaired) electrons. The molecule has 0 aliphatic rings. The van der Waals surface area contributed by atoms with Crippen LogP contribution in [0.2, 0.25) is 0 Å². The monoisotopic (exact) mass is 387 g/mol. The number of hydrogen-bond acceptors (Lipinski definition) is 4. The number of ether oxygens (including phenoxy) is 1. The van der Waals surface area contributed by atoms with Gasteiger partial charge in [-0.3, -0.25) is 14.4 Å². The molecule has 3 amide bonds. The zero-order valence-electron chi connectivity index (χ0n) is 15.6. The smallest absolute Gasteiger partial charge is 0.255 e. The number of benzene rings is 2. The van der Waals surface area contributed by atoms with Crippen LogP contribution in [0.3, 0.4) is 0 Å². The highest BCUT2D eigenvalue weighted by molar-refractivity contribution is 6.01. The average molecular weight is 387 g/mol. The summed E-state index contributed by atoms with van der Waals surface area (Å²) >= 11 is 0. The molecular weight excluding hydrogens is 365 g/mol. The van der Waals surface area contributed by atoms with Crippen LogP contribution in [-0.2, 0) is 9.59 Å². The summed E-state index contributed by atoms with van der Waals surface area (Å²) in [5.74, 6) is -1.79. The SMILES string of the molecule is CC(C)C(NC(=O)c1ccc(F)cc1)C(=O)Nc1cccc(OCC(N)=O)c1. The highest BCUT2D eigenvalue weighted by atomic mass is 19.1. The summed E-state index contributed by atoms with van der Waals surface area (Å²) in [4.78, 5) is 35.8. The van der Waals surface area contributed by atoms with Gasteiger partial charge in [0.05, 0.1) is 0 Å². The number of rotatable bonds is 8. The van der Waals surface area contributed by atoms with E-state index in [2.05, 4.69) is 10.6 Å². The first kappa shape index (κ1) is 20.9. The van der Waals surface area contributed by atoms with Gasteiger partial charge >= 0.3 is 0 Å². The van der Waals surface area contributed by atoms with Crippen LogP contribution in [0.1, 0.15) is 24.2 Å². The lowest BCUT2D eigenvalue weighted by Gasteiger charge is -2.22. The number of carbonyl (C=O) groups is 3. The highest BCUT2D eigenvalue weighted by Crippen LogP contribution is 2.18. The number of amides is 3. The van der Waals surface area contributed by atoms with Crippen LogP contribution in [0, 0.1) is 11.7 Å². The minimum atomic E-state index is -0.812. The normalized spacial score (nSPS) is 11.6. The Labute approximate surface area is 162 Å². The van der Waals surface area contributed by atoms with Gasteiger partial charge in [0, 0.05) is 17.3 Å². The average Bonchev–Trinajstić information content (AvgIpc) is 2.64. The van der Waals surface area contributed by atoms with Gasteiger partial charge in [-0.25, -0.2) is 4.39 Å². The maximum Gasteiger partial charge on any atom is 0.255 e. The Hall–Kier alpha value is -3.42. The summed E-state index contributed by atoms with van der Waals surface area (Å²) in [5, 5.41) is 5.37. The molecule has 1 unspecified atom stereocenters. The topological polar surface area (TPSA) is 111 Å². The van der Waals surface area contributed by atoms with Crippen molar-refractivity contribution >= 4 is 23.4 Å². The first-order chi connectivity index (χ1) is 13.3. The molecule has 2 aromatic rings. The lowest BCUT2D eigenvalue weighted by atomic mass is 10.0. The van der Waals surface area contributed by atoms with Crippen LogP contribution in [-0.4, -0.2) is 30.4 Å². The number of halogens is 1. The number of carbonyl (C=O) groups excluding carboxylic acids is 3. The van der Waals surface area contributed by atoms with Gasteiger partial charge in [-0.15, -0.1) is 0 Å². The second kappa shape index (κ2) is 9.50. The second-order valence-corrected chi connectivity index (χ2v) is 6.47. The third-order valence-electron chi connectivity index (χ3n) is 3.82. The molecule has 8 heteroatoms. The maximum atomic E-state index is 13.0.